The number of hydrogen-bond donors (Lipinski definition) is 2. The largest absolute Gasteiger partial charge is 0.444 e. The number of alkyl carbamates (subject to hydrolysis) is 1. The van der Waals surface area contributed by atoms with E-state index in [1.165, 1.54) is 6.20 Å². The number of nitrogens with one attached hydrogen (secondary N) is 2. The zero-order valence-electron chi connectivity index (χ0n) is 17.4. The number of rotatable bonds is 4. The monoisotopic (exact) mass is 410 g/mol. The SMILES string of the molecule is CC(C)(C)OC(=O)NCC1CCCN1c1nc2c(cnn2-c2ccccc2)c(=O)[nH]1. The predicted molar refractivity (Wildman–Crippen MR) is 114 cm³/mol. The van der Waals surface area contributed by atoms with E-state index in [4.69, 9.17) is 9.72 Å². The van der Waals surface area contributed by atoms with E-state index in [0.717, 1.165) is 25.1 Å². The molecule has 3 aromatic rings. The second kappa shape index (κ2) is 7.81. The van der Waals surface area contributed by atoms with E-state index >= 15 is 0 Å². The molecule has 1 unspecified atom stereocenters. The number of amides is 1. The zero-order valence-corrected chi connectivity index (χ0v) is 17.4. The molecule has 1 amide bonds. The molecular weight excluding hydrogens is 384 g/mol. The molecule has 0 aliphatic carbocycles. The molecule has 9 heteroatoms. The van der Waals surface area contributed by atoms with Crippen LogP contribution in [0.4, 0.5) is 10.7 Å². The Balaban J connectivity index is 1.59. The fourth-order valence-electron chi connectivity index (χ4n) is 3.64. The summed E-state index contributed by atoms with van der Waals surface area (Å²) in [5.41, 5.74) is 0.558. The van der Waals surface area contributed by atoms with Gasteiger partial charge in [0.2, 0.25) is 5.95 Å². The van der Waals surface area contributed by atoms with Crippen molar-refractivity contribution in [2.24, 2.45) is 0 Å². The zero-order chi connectivity index (χ0) is 21.3. The second-order valence-electron chi connectivity index (χ2n) is 8.39. The molecule has 3 heterocycles. The molecule has 2 aromatic heterocycles. The highest BCUT2D eigenvalue weighted by Gasteiger charge is 2.28. The Morgan fingerprint density at radius 3 is 2.80 bits per heavy atom. The molecule has 1 aliphatic heterocycles. The van der Waals surface area contributed by atoms with E-state index in [1.807, 2.05) is 56.0 Å². The van der Waals surface area contributed by atoms with Crippen LogP contribution in [0.3, 0.4) is 0 Å². The fourth-order valence-corrected chi connectivity index (χ4v) is 3.64. The molecular formula is C21H26N6O3. The third-order valence-corrected chi connectivity index (χ3v) is 4.96. The summed E-state index contributed by atoms with van der Waals surface area (Å²) in [7, 11) is 0. The lowest BCUT2D eigenvalue weighted by Crippen LogP contribution is -2.43. The van der Waals surface area contributed by atoms with Crippen molar-refractivity contribution in [1.82, 2.24) is 25.1 Å². The Morgan fingerprint density at radius 2 is 2.07 bits per heavy atom. The lowest BCUT2D eigenvalue weighted by molar-refractivity contribution is 0.0525. The second-order valence-corrected chi connectivity index (χ2v) is 8.39. The Kier molecular flexibility index (Phi) is 5.19. The van der Waals surface area contributed by atoms with Crippen LogP contribution < -0.4 is 15.8 Å². The number of anilines is 1. The van der Waals surface area contributed by atoms with Gasteiger partial charge in [-0.25, -0.2) is 9.48 Å². The number of para-hydroxylation sites is 1. The van der Waals surface area contributed by atoms with E-state index < -0.39 is 11.7 Å². The highest BCUT2D eigenvalue weighted by atomic mass is 16.6. The Morgan fingerprint density at radius 1 is 1.30 bits per heavy atom. The molecule has 1 saturated heterocycles. The van der Waals surface area contributed by atoms with E-state index in [1.54, 1.807) is 4.68 Å². The molecule has 1 aliphatic rings. The number of hydrogen-bond acceptors (Lipinski definition) is 6. The standard InChI is InChI=1S/C21H26N6O3/c1-21(2,3)30-20(29)22-12-15-10-7-11-26(15)19-24-17-16(18(28)25-19)13-23-27(17)14-8-5-4-6-9-14/h4-6,8-9,13,15H,7,10-12H2,1-3H3,(H,22,29)(H,24,25,28). The molecule has 0 bridgehead atoms. The smallest absolute Gasteiger partial charge is 0.407 e. The van der Waals surface area contributed by atoms with Crippen molar-refractivity contribution in [3.63, 3.8) is 0 Å². The van der Waals surface area contributed by atoms with Crippen LogP contribution >= 0.6 is 0 Å². The van der Waals surface area contributed by atoms with Gasteiger partial charge >= 0.3 is 6.09 Å². The van der Waals surface area contributed by atoms with Crippen LogP contribution in [0.25, 0.3) is 16.7 Å². The van der Waals surface area contributed by atoms with Crippen LogP contribution in [-0.4, -0.2) is 50.6 Å². The van der Waals surface area contributed by atoms with Crippen LogP contribution in [-0.2, 0) is 4.74 Å². The van der Waals surface area contributed by atoms with Crippen molar-refractivity contribution in [3.8, 4) is 5.69 Å². The molecule has 158 valence electrons. The first-order valence-electron chi connectivity index (χ1n) is 10.1. The number of ether oxygens (including phenoxy) is 1. The minimum absolute atomic E-state index is 0.0196. The normalized spacial score (nSPS) is 16.8. The van der Waals surface area contributed by atoms with E-state index in [0.29, 0.717) is 23.5 Å². The lowest BCUT2D eigenvalue weighted by Gasteiger charge is -2.26. The summed E-state index contributed by atoms with van der Waals surface area (Å²) >= 11 is 0. The van der Waals surface area contributed by atoms with Gasteiger partial charge in [-0.15, -0.1) is 0 Å². The summed E-state index contributed by atoms with van der Waals surface area (Å²) in [4.78, 5) is 34.3. The van der Waals surface area contributed by atoms with Gasteiger partial charge in [-0.1, -0.05) is 18.2 Å². The highest BCUT2D eigenvalue weighted by molar-refractivity contribution is 5.76. The molecule has 1 aromatic carbocycles. The summed E-state index contributed by atoms with van der Waals surface area (Å²) in [6.45, 7) is 6.64. The molecule has 2 N–H and O–H groups in total. The van der Waals surface area contributed by atoms with Crippen molar-refractivity contribution in [3.05, 3.63) is 46.9 Å². The minimum atomic E-state index is -0.548. The highest BCUT2D eigenvalue weighted by Crippen LogP contribution is 2.23. The van der Waals surface area contributed by atoms with Crippen LogP contribution in [0.1, 0.15) is 33.6 Å². The fraction of sp³-hybridized carbons (Fsp3) is 0.429. The van der Waals surface area contributed by atoms with E-state index in [9.17, 15) is 9.59 Å². The average Bonchev–Trinajstić information content (AvgIpc) is 3.33. The topological polar surface area (TPSA) is 105 Å². The van der Waals surface area contributed by atoms with Gasteiger partial charge in [0.25, 0.3) is 5.56 Å². The first kappa shape index (κ1) is 19.9. The molecule has 1 atom stereocenters. The number of carbonyl (C=O) groups excluding carboxylic acids is 1. The quantitative estimate of drug-likeness (QED) is 0.685. The van der Waals surface area contributed by atoms with Crippen molar-refractivity contribution in [1.29, 1.82) is 0 Å². The van der Waals surface area contributed by atoms with E-state index in [2.05, 4.69) is 15.4 Å². The number of nitrogens with zero attached hydrogens (tertiary/aromatic N) is 4. The van der Waals surface area contributed by atoms with Gasteiger partial charge in [0.1, 0.15) is 11.0 Å². The lowest BCUT2D eigenvalue weighted by atomic mass is 10.2. The van der Waals surface area contributed by atoms with Crippen LogP contribution in [0.15, 0.2) is 41.3 Å². The molecule has 0 spiro atoms. The van der Waals surface area contributed by atoms with Crippen molar-refractivity contribution in [2.75, 3.05) is 18.0 Å². The predicted octanol–water partition coefficient (Wildman–Crippen LogP) is 2.60. The summed E-state index contributed by atoms with van der Waals surface area (Å²) in [6.07, 6.45) is 2.91. The van der Waals surface area contributed by atoms with Crippen molar-refractivity contribution >= 4 is 23.1 Å². The van der Waals surface area contributed by atoms with Crippen LogP contribution in [0, 0.1) is 0 Å². The third kappa shape index (κ3) is 4.14. The number of aromatic amines is 1. The van der Waals surface area contributed by atoms with Crippen molar-refractivity contribution < 1.29 is 9.53 Å². The van der Waals surface area contributed by atoms with E-state index in [-0.39, 0.29) is 11.6 Å². The number of benzene rings is 1. The maximum absolute atomic E-state index is 12.7. The van der Waals surface area contributed by atoms with Gasteiger partial charge in [0.15, 0.2) is 5.65 Å². The number of H-pyrrole nitrogens is 1. The van der Waals surface area contributed by atoms with Gasteiger partial charge in [0, 0.05) is 19.1 Å². The Labute approximate surface area is 174 Å². The van der Waals surface area contributed by atoms with Gasteiger partial charge in [0.05, 0.1) is 11.9 Å². The molecule has 0 radical (unpaired) electrons. The van der Waals surface area contributed by atoms with Gasteiger partial charge < -0.3 is 15.0 Å². The van der Waals surface area contributed by atoms with Crippen LogP contribution in [0.2, 0.25) is 0 Å². The Bertz CT molecular complexity index is 1100. The number of fused-ring (bicyclic) bond motifs is 1. The third-order valence-electron chi connectivity index (χ3n) is 4.96. The molecule has 0 saturated carbocycles. The molecule has 1 fully saturated rings. The minimum Gasteiger partial charge on any atom is -0.444 e. The maximum Gasteiger partial charge on any atom is 0.407 e. The maximum atomic E-state index is 12.7. The Hall–Kier alpha value is -3.36. The summed E-state index contributed by atoms with van der Waals surface area (Å²) in [5, 5.41) is 7.61. The van der Waals surface area contributed by atoms with Gasteiger partial charge in [-0.3, -0.25) is 9.78 Å². The summed E-state index contributed by atoms with van der Waals surface area (Å²) in [6, 6.07) is 9.60. The molecule has 30 heavy (non-hydrogen) atoms. The summed E-state index contributed by atoms with van der Waals surface area (Å²) < 4.78 is 6.98. The van der Waals surface area contributed by atoms with Crippen LogP contribution in [0.5, 0.6) is 0 Å². The molecule has 9 nitrogen and oxygen atoms in total. The summed E-state index contributed by atoms with van der Waals surface area (Å²) in [5.74, 6) is 0.485. The first-order chi connectivity index (χ1) is 14.3. The average molecular weight is 410 g/mol. The first-order valence-corrected chi connectivity index (χ1v) is 10.1. The molecule has 4 rings (SSSR count). The number of aromatic nitrogens is 4. The van der Waals surface area contributed by atoms with Crippen molar-refractivity contribution in [2.45, 2.75) is 45.3 Å². The number of carbonyl (C=O) groups is 1. The van der Waals surface area contributed by atoms with Gasteiger partial charge in [-0.2, -0.15) is 10.1 Å². The van der Waals surface area contributed by atoms with Gasteiger partial charge in [-0.05, 0) is 45.7 Å².